The Bertz CT molecular complexity index is 6250. The quantitative estimate of drug-likeness (QED) is 0.0514. The second-order valence-corrected chi connectivity index (χ2v) is 46.3. The minimum atomic E-state index is 0. The van der Waals surface area contributed by atoms with Crippen LogP contribution in [0.1, 0.15) is 403 Å². The molecule has 0 heterocycles. The molecule has 16 aromatic carbocycles. The van der Waals surface area contributed by atoms with Gasteiger partial charge in [-0.05, 0) is 289 Å². The van der Waals surface area contributed by atoms with Crippen LogP contribution in [0.15, 0.2) is 352 Å². The van der Waals surface area contributed by atoms with Gasteiger partial charge in [-0.15, -0.1) is 0 Å². The van der Waals surface area contributed by atoms with Gasteiger partial charge in [-0.3, -0.25) is 0 Å². The summed E-state index contributed by atoms with van der Waals surface area (Å²) in [5.41, 5.74) is 19.7. The molecule has 0 heteroatoms. The average molecular weight is 1950 g/mol. The van der Waals surface area contributed by atoms with E-state index in [4.69, 9.17) is 0 Å². The highest BCUT2D eigenvalue weighted by molar-refractivity contribution is 6.07. The Morgan fingerprint density at radius 1 is 0.219 bits per heavy atom. The van der Waals surface area contributed by atoms with E-state index in [0.717, 1.165) is 59.7 Å². The molecule has 0 aliphatic heterocycles. The Labute approximate surface area is 891 Å². The molecule has 0 radical (unpaired) electrons. The maximum absolute atomic E-state index is 2.39. The first-order valence-corrected chi connectivity index (χ1v) is 57.1. The van der Waals surface area contributed by atoms with Crippen LogP contribution in [0.25, 0.3) is 75.8 Å². The van der Waals surface area contributed by atoms with E-state index in [1.54, 1.807) is 5.56 Å². The number of rotatable bonds is 16. The van der Waals surface area contributed by atoms with Crippen LogP contribution in [-0.4, -0.2) is 0 Å². The van der Waals surface area contributed by atoms with Gasteiger partial charge < -0.3 is 0 Å². The van der Waals surface area contributed by atoms with Crippen LogP contribution in [0.4, 0.5) is 0 Å². The molecule has 4 fully saturated rings. The van der Waals surface area contributed by atoms with Gasteiger partial charge in [0, 0.05) is 0 Å². The van der Waals surface area contributed by atoms with Gasteiger partial charge in [-0.2, -0.15) is 0 Å². The molecule has 0 nitrogen and oxygen atoms in total. The van der Waals surface area contributed by atoms with E-state index in [0.29, 0.717) is 41.4 Å². The van der Waals surface area contributed by atoms with Crippen LogP contribution >= 0.6 is 0 Å². The minimum Gasteiger partial charge on any atom is -0.0776 e. The van der Waals surface area contributed by atoms with Crippen molar-refractivity contribution in [3.05, 3.63) is 419 Å². The number of aryl methyl sites for hydroxylation is 1. The maximum atomic E-state index is 2.39. The van der Waals surface area contributed by atoms with Crippen LogP contribution in [-0.2, 0) is 12.8 Å². The summed E-state index contributed by atoms with van der Waals surface area (Å²) in [6.07, 6.45) is 30.2. The molecule has 20 rings (SSSR count). The molecule has 0 bridgehead atoms. The Kier molecular flexibility index (Phi) is 51.2. The molecule has 0 atom stereocenters. The smallest absolute Gasteiger partial charge is 0.00258 e. The lowest BCUT2D eigenvalue weighted by atomic mass is 9.78. The van der Waals surface area contributed by atoms with Crippen LogP contribution in [0.5, 0.6) is 0 Å². The highest BCUT2D eigenvalue weighted by Gasteiger charge is 2.22. The Hall–Kier alpha value is -10.9. The molecule has 0 saturated heterocycles. The summed E-state index contributed by atoms with van der Waals surface area (Å²) in [4.78, 5) is 0. The van der Waals surface area contributed by atoms with E-state index < -0.39 is 0 Å². The first kappa shape index (κ1) is 119. The number of hydrogen-bond donors (Lipinski definition) is 0. The van der Waals surface area contributed by atoms with Crippen molar-refractivity contribution >= 4 is 64.6 Å². The summed E-state index contributed by atoms with van der Waals surface area (Å²) in [5.74, 6) is 12.8. The lowest BCUT2D eigenvalue weighted by molar-refractivity contribution is 0.234. The second-order valence-electron chi connectivity index (χ2n) is 46.3. The van der Waals surface area contributed by atoms with Gasteiger partial charge in [0.25, 0.3) is 0 Å². The SMILES string of the molecule is C.CC(C)C1CCCC1.CC(C)C1CCCCCC1.CC(C)c1ccc(-c2ccccc2)cc1.CC(C)c1ccc(C2CCCCC2)cc1.CC(C)c1ccc(Cc2ccccc2)cc1.CC(C)c1ccc2c(ccc3ccccc32)c1.CC(C)c1ccc2ccccc2c1.CC(C)c1cccc2cc3ccccc3cc12.CC(C)c1cccc2ccccc12.CC1CCC(C(C)C)CC1.Cc1ccc(CC(C)C)cc1. The van der Waals surface area contributed by atoms with Gasteiger partial charge in [0.05, 0.1) is 0 Å². The molecule has 0 amide bonds. The average Bonchev–Trinajstić information content (AvgIpc) is 0.917. The van der Waals surface area contributed by atoms with Gasteiger partial charge in [0.15, 0.2) is 0 Å². The van der Waals surface area contributed by atoms with Crippen molar-refractivity contribution in [2.45, 2.75) is 356 Å². The van der Waals surface area contributed by atoms with E-state index in [2.05, 4.69) is 512 Å². The normalized spacial score (nSPS) is 14.8. The summed E-state index contributed by atoms with van der Waals surface area (Å²) >= 11 is 0. The zero-order valence-electron chi connectivity index (χ0n) is 94.6. The van der Waals surface area contributed by atoms with Crippen molar-refractivity contribution < 1.29 is 0 Å². The molecule has 0 spiro atoms. The van der Waals surface area contributed by atoms with Crippen molar-refractivity contribution in [3.63, 3.8) is 0 Å². The predicted octanol–water partition coefficient (Wildman–Crippen LogP) is 45.6. The van der Waals surface area contributed by atoms with Crippen LogP contribution < -0.4 is 0 Å². The summed E-state index contributed by atoms with van der Waals surface area (Å²) in [7, 11) is 0. The fraction of sp³-hybridized carbons (Fsp3) is 0.425. The monoisotopic (exact) mass is 1950 g/mol. The summed E-state index contributed by atoms with van der Waals surface area (Å²) in [6.45, 7) is 54.5. The van der Waals surface area contributed by atoms with Gasteiger partial charge >= 0.3 is 0 Å². The van der Waals surface area contributed by atoms with Gasteiger partial charge in [0.2, 0.25) is 0 Å². The third-order valence-corrected chi connectivity index (χ3v) is 30.9. The Morgan fingerprint density at radius 2 is 0.548 bits per heavy atom. The van der Waals surface area contributed by atoms with Crippen molar-refractivity contribution in [2.24, 2.45) is 47.3 Å². The van der Waals surface area contributed by atoms with Crippen molar-refractivity contribution in [1.29, 1.82) is 0 Å². The fourth-order valence-corrected chi connectivity index (χ4v) is 21.1. The zero-order valence-corrected chi connectivity index (χ0v) is 94.6. The zero-order chi connectivity index (χ0) is 104. The highest BCUT2D eigenvalue weighted by atomic mass is 14.3. The van der Waals surface area contributed by atoms with Gasteiger partial charge in [-0.1, -0.05) is 608 Å². The molecular weight excluding hydrogens is 1750 g/mol. The molecule has 4 aliphatic carbocycles. The standard InChI is InChI=1S/2C17H16.C16H18.C15H22.C15H16.2C13H14.C11H16.2C10H20.C8H16.CH4/c1-12(2)16-9-5-8-15-10-13-6-3-4-7-14(13)11-17(15)16;1-12(2)14-9-10-17-15(11-14)8-7-13-5-3-4-6-16(13)17;1-13(2)16-10-8-15(9-11-16)12-14-6-4-3-5-7-14;2*1-12(2)13-8-10-15(11-9-13)14-6-4-3-5-7-14;1-10(2)12-9-5-7-11-6-3-4-8-13(11)12;1-10(2)12-8-7-11-5-3-4-6-13(11)9-12;1-9(2)8-11-6-4-10(3)5-7-11;1-8(2)10-6-4-9(3)5-7-10;1-9(2)10-7-5-3-4-6-8-10;1-7(2)8-5-3-4-6-8;/h2*3-12H,1-2H3;3-11,13H,12H2,1-2H3;8-12,14H,3-7H2,1-2H3;3-12H,1-2H3;2*3-10H,1-2H3;4-7,9H,8H2,1-3H3;8-10H,4-7H2,1-3H3;9-10H,3-8H2,1-2H3;7-8H,3-6H2,1-2H3;1H4. The van der Waals surface area contributed by atoms with Crippen LogP contribution in [0, 0.1) is 54.3 Å². The minimum absolute atomic E-state index is 0. The lowest BCUT2D eigenvalue weighted by Crippen LogP contribution is -2.16. The highest BCUT2D eigenvalue weighted by Crippen LogP contribution is 2.38. The van der Waals surface area contributed by atoms with E-state index in [1.807, 2.05) is 6.07 Å². The van der Waals surface area contributed by atoms with Crippen molar-refractivity contribution in [2.75, 3.05) is 0 Å². The molecule has 776 valence electrons. The number of hydrogen-bond acceptors (Lipinski definition) is 0. The Balaban J connectivity index is 0.000000180. The van der Waals surface area contributed by atoms with E-state index in [1.165, 1.54) is 265 Å². The molecule has 0 N–H and O–H groups in total. The van der Waals surface area contributed by atoms with E-state index in [-0.39, 0.29) is 7.43 Å². The molecule has 0 unspecified atom stereocenters. The van der Waals surface area contributed by atoms with E-state index in [9.17, 15) is 0 Å². The molecular formula is C146H192. The topological polar surface area (TPSA) is 0 Å². The summed E-state index contributed by atoms with van der Waals surface area (Å²) < 4.78 is 0. The maximum Gasteiger partial charge on any atom is -0.00258 e. The number of fused-ring (bicyclic) bond motifs is 7. The lowest BCUT2D eigenvalue weighted by Gasteiger charge is -2.28. The Morgan fingerprint density at radius 3 is 1.04 bits per heavy atom. The summed E-state index contributed by atoms with van der Waals surface area (Å²) in [5, 5.41) is 16.1. The van der Waals surface area contributed by atoms with Gasteiger partial charge in [-0.25, -0.2) is 0 Å². The van der Waals surface area contributed by atoms with Gasteiger partial charge in [0.1, 0.15) is 0 Å². The van der Waals surface area contributed by atoms with E-state index >= 15 is 0 Å². The fourth-order valence-electron chi connectivity index (χ4n) is 21.1. The van der Waals surface area contributed by atoms with Crippen molar-refractivity contribution in [1.82, 2.24) is 0 Å². The molecule has 146 heavy (non-hydrogen) atoms. The predicted molar refractivity (Wildman–Crippen MR) is 655 cm³/mol. The first-order chi connectivity index (χ1) is 69.9. The third kappa shape index (κ3) is 39.6. The molecule has 16 aromatic rings. The largest absolute Gasteiger partial charge is 0.0776 e. The molecule has 4 aliphatic rings. The molecule has 0 aromatic heterocycles. The second kappa shape index (κ2) is 63.0. The van der Waals surface area contributed by atoms with Crippen LogP contribution in [0.3, 0.4) is 0 Å². The summed E-state index contributed by atoms with van der Waals surface area (Å²) in [6, 6.07) is 127. The third-order valence-electron chi connectivity index (χ3n) is 30.9. The number of benzene rings is 16. The first-order valence-electron chi connectivity index (χ1n) is 57.1. The van der Waals surface area contributed by atoms with Crippen molar-refractivity contribution in [3.8, 4) is 11.1 Å². The molecule has 4 saturated carbocycles. The van der Waals surface area contributed by atoms with Crippen LogP contribution in [0.2, 0.25) is 0 Å².